The zero-order valence-corrected chi connectivity index (χ0v) is 8.76. The molecule has 4 heteroatoms. The van der Waals surface area contributed by atoms with Crippen LogP contribution in [0.15, 0.2) is 30.3 Å². The Morgan fingerprint density at radius 3 is 2.69 bits per heavy atom. The normalized spacial score (nSPS) is 20.1. The quantitative estimate of drug-likeness (QED) is 0.713. The Hall–Kier alpha value is -1.84. The van der Waals surface area contributed by atoms with Gasteiger partial charge >= 0.3 is 0 Å². The molecule has 1 aliphatic rings. The molecule has 84 valence electrons. The minimum atomic E-state index is -1.17. The molecule has 1 aliphatic heterocycles. The van der Waals surface area contributed by atoms with Crippen molar-refractivity contribution in [1.29, 1.82) is 0 Å². The Labute approximate surface area is 93.5 Å². The molecule has 0 spiro atoms. The van der Waals surface area contributed by atoms with Crippen LogP contribution in [0.5, 0.6) is 0 Å². The number of carbonyl (C=O) groups is 2. The monoisotopic (exact) mass is 218 g/mol. The predicted octanol–water partition coefficient (Wildman–Crippen LogP) is -0.0725. The molecule has 1 aromatic carbocycles. The number of aliphatic carboxylic acids is 1. The fourth-order valence-electron chi connectivity index (χ4n) is 1.96. The minimum Gasteiger partial charge on any atom is -0.548 e. The average molecular weight is 218 g/mol. The molecule has 1 saturated heterocycles. The third-order valence-corrected chi connectivity index (χ3v) is 2.80. The van der Waals surface area contributed by atoms with Crippen molar-refractivity contribution < 1.29 is 14.7 Å². The van der Waals surface area contributed by atoms with E-state index in [0.29, 0.717) is 19.4 Å². The third kappa shape index (κ3) is 2.05. The van der Waals surface area contributed by atoms with Crippen LogP contribution in [0.2, 0.25) is 0 Å². The van der Waals surface area contributed by atoms with E-state index in [4.69, 9.17) is 0 Å². The van der Waals surface area contributed by atoms with E-state index in [-0.39, 0.29) is 5.91 Å². The molecule has 0 aliphatic carbocycles. The summed E-state index contributed by atoms with van der Waals surface area (Å²) in [7, 11) is 0. The Morgan fingerprint density at radius 2 is 2.06 bits per heavy atom. The number of carboxylic acids is 1. The van der Waals surface area contributed by atoms with Crippen molar-refractivity contribution in [2.24, 2.45) is 0 Å². The van der Waals surface area contributed by atoms with Gasteiger partial charge in [0.25, 0.3) is 0 Å². The van der Waals surface area contributed by atoms with Gasteiger partial charge in [-0.15, -0.1) is 0 Å². The van der Waals surface area contributed by atoms with Gasteiger partial charge in [0.05, 0.1) is 12.0 Å². The SMILES string of the molecule is O=C([O-])[C@H]1CCC(=O)N1Cc1ccccc1. The third-order valence-electron chi connectivity index (χ3n) is 2.80. The molecule has 1 atom stereocenters. The number of nitrogens with zero attached hydrogens (tertiary/aromatic N) is 1. The first-order valence-electron chi connectivity index (χ1n) is 5.23. The number of benzene rings is 1. The van der Waals surface area contributed by atoms with Crippen LogP contribution in [-0.4, -0.2) is 22.8 Å². The molecule has 1 amide bonds. The van der Waals surface area contributed by atoms with Crippen LogP contribution < -0.4 is 5.11 Å². The first-order chi connectivity index (χ1) is 7.68. The lowest BCUT2D eigenvalue weighted by atomic mass is 10.2. The van der Waals surface area contributed by atoms with E-state index in [1.54, 1.807) is 0 Å². The van der Waals surface area contributed by atoms with Gasteiger partial charge in [0.15, 0.2) is 0 Å². The topological polar surface area (TPSA) is 60.4 Å². The van der Waals surface area contributed by atoms with Crippen molar-refractivity contribution in [3.8, 4) is 0 Å². The standard InChI is InChI=1S/C12H13NO3/c14-11-7-6-10(12(15)16)13(11)8-9-4-2-1-3-5-9/h1-5,10H,6-8H2,(H,15,16)/p-1/t10-/m1/s1. The summed E-state index contributed by atoms with van der Waals surface area (Å²) < 4.78 is 0. The van der Waals surface area contributed by atoms with Crippen LogP contribution in [0.3, 0.4) is 0 Å². The van der Waals surface area contributed by atoms with Crippen LogP contribution >= 0.6 is 0 Å². The number of carbonyl (C=O) groups excluding carboxylic acids is 2. The molecular formula is C12H12NO3-. The molecule has 0 radical (unpaired) electrons. The van der Waals surface area contributed by atoms with E-state index in [2.05, 4.69) is 0 Å². The van der Waals surface area contributed by atoms with Crippen LogP contribution in [0.4, 0.5) is 0 Å². The molecule has 1 fully saturated rings. The first-order valence-corrected chi connectivity index (χ1v) is 5.23. The van der Waals surface area contributed by atoms with Crippen molar-refractivity contribution in [3.63, 3.8) is 0 Å². The number of hydrogen-bond acceptors (Lipinski definition) is 3. The lowest BCUT2D eigenvalue weighted by Crippen LogP contribution is -2.45. The summed E-state index contributed by atoms with van der Waals surface area (Å²) in [5, 5.41) is 10.8. The maximum atomic E-state index is 11.5. The van der Waals surface area contributed by atoms with Crippen molar-refractivity contribution in [1.82, 2.24) is 4.90 Å². The molecule has 0 unspecified atom stereocenters. The van der Waals surface area contributed by atoms with Crippen molar-refractivity contribution in [2.45, 2.75) is 25.4 Å². The second-order valence-electron chi connectivity index (χ2n) is 3.88. The number of likely N-dealkylation sites (tertiary alicyclic amines) is 1. The van der Waals surface area contributed by atoms with Crippen molar-refractivity contribution in [2.75, 3.05) is 0 Å². The van der Waals surface area contributed by atoms with E-state index in [0.717, 1.165) is 5.56 Å². The smallest absolute Gasteiger partial charge is 0.223 e. The van der Waals surface area contributed by atoms with Gasteiger partial charge < -0.3 is 14.8 Å². The Morgan fingerprint density at radius 1 is 1.38 bits per heavy atom. The van der Waals surface area contributed by atoms with Gasteiger partial charge in [-0.1, -0.05) is 30.3 Å². The summed E-state index contributed by atoms with van der Waals surface area (Å²) in [6, 6.07) is 8.59. The van der Waals surface area contributed by atoms with E-state index in [1.165, 1.54) is 4.90 Å². The molecule has 4 nitrogen and oxygen atoms in total. The Balaban J connectivity index is 2.13. The summed E-state index contributed by atoms with van der Waals surface area (Å²) in [6.07, 6.45) is 0.652. The Bertz CT molecular complexity index is 402. The molecule has 0 aromatic heterocycles. The Kier molecular flexibility index (Phi) is 2.90. The van der Waals surface area contributed by atoms with Crippen LogP contribution in [0.1, 0.15) is 18.4 Å². The zero-order valence-electron chi connectivity index (χ0n) is 8.76. The lowest BCUT2D eigenvalue weighted by molar-refractivity contribution is -0.310. The summed E-state index contributed by atoms with van der Waals surface area (Å²) in [5.41, 5.74) is 0.934. The summed E-state index contributed by atoms with van der Waals surface area (Å²) in [6.45, 7) is 0.346. The van der Waals surface area contributed by atoms with Gasteiger partial charge in [-0.25, -0.2) is 0 Å². The van der Waals surface area contributed by atoms with Crippen molar-refractivity contribution >= 4 is 11.9 Å². The van der Waals surface area contributed by atoms with Gasteiger partial charge in [-0.05, 0) is 12.0 Å². The molecule has 16 heavy (non-hydrogen) atoms. The van der Waals surface area contributed by atoms with Gasteiger partial charge in [0.2, 0.25) is 5.91 Å². The molecule has 0 saturated carbocycles. The average Bonchev–Trinajstić information content (AvgIpc) is 2.62. The van der Waals surface area contributed by atoms with Crippen LogP contribution in [0.25, 0.3) is 0 Å². The van der Waals surface area contributed by atoms with E-state index in [1.807, 2.05) is 30.3 Å². The van der Waals surface area contributed by atoms with Gasteiger partial charge in [-0.3, -0.25) is 4.79 Å². The summed E-state index contributed by atoms with van der Waals surface area (Å²) in [4.78, 5) is 23.8. The first kappa shape index (κ1) is 10.7. The minimum absolute atomic E-state index is 0.113. The highest BCUT2D eigenvalue weighted by atomic mass is 16.4. The van der Waals surface area contributed by atoms with Crippen molar-refractivity contribution in [3.05, 3.63) is 35.9 Å². The van der Waals surface area contributed by atoms with Gasteiger partial charge in [-0.2, -0.15) is 0 Å². The summed E-state index contributed by atoms with van der Waals surface area (Å²) in [5.74, 6) is -1.28. The fourth-order valence-corrected chi connectivity index (χ4v) is 1.96. The maximum Gasteiger partial charge on any atom is 0.223 e. The lowest BCUT2D eigenvalue weighted by Gasteiger charge is -2.25. The highest BCUT2D eigenvalue weighted by Gasteiger charge is 2.31. The molecule has 0 bridgehead atoms. The van der Waals surface area contributed by atoms with E-state index >= 15 is 0 Å². The zero-order chi connectivity index (χ0) is 11.5. The highest BCUT2D eigenvalue weighted by Crippen LogP contribution is 2.20. The van der Waals surface area contributed by atoms with Gasteiger partial charge in [0.1, 0.15) is 0 Å². The second-order valence-corrected chi connectivity index (χ2v) is 3.88. The second kappa shape index (κ2) is 4.35. The number of rotatable bonds is 3. The molecule has 1 heterocycles. The molecule has 0 N–H and O–H groups in total. The summed E-state index contributed by atoms with van der Waals surface area (Å²) >= 11 is 0. The largest absolute Gasteiger partial charge is 0.548 e. The maximum absolute atomic E-state index is 11.5. The predicted molar refractivity (Wildman–Crippen MR) is 55.0 cm³/mol. The molecule has 1 aromatic rings. The fraction of sp³-hybridized carbons (Fsp3) is 0.333. The molecule has 2 rings (SSSR count). The van der Waals surface area contributed by atoms with E-state index in [9.17, 15) is 14.7 Å². The number of hydrogen-bond donors (Lipinski definition) is 0. The highest BCUT2D eigenvalue weighted by molar-refractivity contribution is 5.86. The molecular weight excluding hydrogens is 206 g/mol. The van der Waals surface area contributed by atoms with Gasteiger partial charge in [0, 0.05) is 13.0 Å². The van der Waals surface area contributed by atoms with Crippen LogP contribution in [-0.2, 0) is 16.1 Å². The number of amides is 1. The number of carboxylic acid groups (broad SMARTS) is 1. The van der Waals surface area contributed by atoms with Crippen LogP contribution in [0, 0.1) is 0 Å². The van der Waals surface area contributed by atoms with E-state index < -0.39 is 12.0 Å².